The second-order valence-electron chi connectivity index (χ2n) is 8.66. The van der Waals surface area contributed by atoms with Gasteiger partial charge in [0.2, 0.25) is 5.91 Å². The van der Waals surface area contributed by atoms with Crippen molar-refractivity contribution in [3.63, 3.8) is 0 Å². The normalized spacial score (nSPS) is 21.7. The Kier molecular flexibility index (Phi) is 4.51. The van der Waals surface area contributed by atoms with Crippen LogP contribution in [0.25, 0.3) is 0 Å². The van der Waals surface area contributed by atoms with Crippen LogP contribution in [0.3, 0.4) is 0 Å². The fraction of sp³-hybridized carbons (Fsp3) is 0.280. The molecule has 3 aromatic rings. The summed E-state index contributed by atoms with van der Waals surface area (Å²) in [5.41, 5.74) is 3.14. The zero-order valence-corrected chi connectivity index (χ0v) is 17.9. The number of likely N-dealkylation sites (tertiary alicyclic amines) is 1. The number of pyridine rings is 1. The molecule has 5 nitrogen and oxygen atoms in total. The molecule has 0 aliphatic carbocycles. The molecule has 1 saturated heterocycles. The van der Waals surface area contributed by atoms with Crippen LogP contribution in [0.1, 0.15) is 18.0 Å². The van der Waals surface area contributed by atoms with E-state index in [-0.39, 0.29) is 11.5 Å². The number of amides is 1. The van der Waals surface area contributed by atoms with Crippen LogP contribution in [0.4, 0.5) is 11.4 Å². The van der Waals surface area contributed by atoms with Crippen LogP contribution in [0.5, 0.6) is 0 Å². The molecule has 1 aromatic heterocycles. The number of para-hydroxylation sites is 2. The van der Waals surface area contributed by atoms with Crippen molar-refractivity contribution in [1.82, 2.24) is 9.47 Å². The number of rotatable bonds is 2. The standard InChI is InChI=1S/C25H23N3O2S/c29-24-11-5-8-19-18-12-17(14-27(19)24)13-26(15-18)16-25(30)28-20-6-1-3-9-22(20)31-23-10-4-2-7-21(23)28/h1-11,17-18H,12-16H2. The van der Waals surface area contributed by atoms with Gasteiger partial charge in [-0.15, -0.1) is 0 Å². The summed E-state index contributed by atoms with van der Waals surface area (Å²) in [5.74, 6) is 0.826. The zero-order valence-electron chi connectivity index (χ0n) is 17.1. The Labute approximate surface area is 185 Å². The molecule has 2 unspecified atom stereocenters. The summed E-state index contributed by atoms with van der Waals surface area (Å²) in [4.78, 5) is 32.3. The van der Waals surface area contributed by atoms with Crippen LogP contribution in [0, 0.1) is 5.92 Å². The van der Waals surface area contributed by atoms with E-state index >= 15 is 0 Å². The molecule has 0 radical (unpaired) electrons. The highest BCUT2D eigenvalue weighted by molar-refractivity contribution is 7.99. The molecule has 1 amide bonds. The van der Waals surface area contributed by atoms with Gasteiger partial charge in [-0.3, -0.25) is 19.4 Å². The number of hydrogen-bond donors (Lipinski definition) is 0. The number of nitrogens with zero attached hydrogens (tertiary/aromatic N) is 3. The second-order valence-corrected chi connectivity index (χ2v) is 9.74. The van der Waals surface area contributed by atoms with E-state index in [1.54, 1.807) is 17.8 Å². The van der Waals surface area contributed by atoms with Crippen molar-refractivity contribution < 1.29 is 4.79 Å². The Morgan fingerprint density at radius 2 is 1.58 bits per heavy atom. The van der Waals surface area contributed by atoms with Crippen molar-refractivity contribution in [2.75, 3.05) is 24.5 Å². The molecule has 2 aromatic carbocycles. The van der Waals surface area contributed by atoms with E-state index < -0.39 is 0 Å². The van der Waals surface area contributed by atoms with Gasteiger partial charge in [0.05, 0.1) is 17.9 Å². The van der Waals surface area contributed by atoms with Crippen LogP contribution < -0.4 is 10.5 Å². The fourth-order valence-corrected chi connectivity index (χ4v) is 6.42. The van der Waals surface area contributed by atoms with Gasteiger partial charge in [0.1, 0.15) is 0 Å². The van der Waals surface area contributed by atoms with Crippen LogP contribution in [0.15, 0.2) is 81.3 Å². The van der Waals surface area contributed by atoms with Gasteiger partial charge >= 0.3 is 0 Å². The molecule has 6 rings (SSSR count). The van der Waals surface area contributed by atoms with E-state index in [2.05, 4.69) is 23.1 Å². The van der Waals surface area contributed by atoms with E-state index in [1.807, 2.05) is 51.9 Å². The third kappa shape index (κ3) is 3.22. The monoisotopic (exact) mass is 429 g/mol. The molecule has 2 bridgehead atoms. The minimum absolute atomic E-state index is 0.0933. The minimum Gasteiger partial charge on any atom is -0.312 e. The number of carbonyl (C=O) groups is 1. The molecule has 31 heavy (non-hydrogen) atoms. The summed E-state index contributed by atoms with van der Waals surface area (Å²) in [7, 11) is 0. The Morgan fingerprint density at radius 3 is 2.32 bits per heavy atom. The average molecular weight is 430 g/mol. The topological polar surface area (TPSA) is 45.6 Å². The summed E-state index contributed by atoms with van der Waals surface area (Å²) < 4.78 is 1.94. The predicted molar refractivity (Wildman–Crippen MR) is 122 cm³/mol. The Bertz CT molecular complexity index is 1190. The highest BCUT2D eigenvalue weighted by atomic mass is 32.2. The third-order valence-corrected chi connectivity index (χ3v) is 7.73. The van der Waals surface area contributed by atoms with Gasteiger partial charge in [0.15, 0.2) is 0 Å². The quantitative estimate of drug-likeness (QED) is 0.615. The summed E-state index contributed by atoms with van der Waals surface area (Å²) in [5, 5.41) is 0. The van der Waals surface area contributed by atoms with Crippen LogP contribution in [-0.2, 0) is 11.3 Å². The van der Waals surface area contributed by atoms with Crippen molar-refractivity contribution in [3.05, 3.63) is 82.8 Å². The molecule has 0 N–H and O–H groups in total. The number of piperidine rings is 1. The molecule has 2 atom stereocenters. The van der Waals surface area contributed by atoms with Crippen LogP contribution in [-0.4, -0.2) is 35.0 Å². The van der Waals surface area contributed by atoms with Crippen molar-refractivity contribution in [2.45, 2.75) is 28.7 Å². The SMILES string of the molecule is O=C(CN1CC2CC(C1)c1cccc(=O)n1C2)N1c2ccccc2Sc2ccccc21. The Balaban J connectivity index is 1.29. The number of anilines is 2. The molecule has 4 heterocycles. The van der Waals surface area contributed by atoms with E-state index in [1.165, 1.54) is 0 Å². The lowest BCUT2D eigenvalue weighted by Crippen LogP contribution is -2.50. The van der Waals surface area contributed by atoms with Gasteiger partial charge in [-0.25, -0.2) is 0 Å². The first kappa shape index (κ1) is 18.9. The van der Waals surface area contributed by atoms with Crippen molar-refractivity contribution in [2.24, 2.45) is 5.92 Å². The predicted octanol–water partition coefficient (Wildman–Crippen LogP) is 4.10. The number of benzene rings is 2. The van der Waals surface area contributed by atoms with E-state index in [9.17, 15) is 9.59 Å². The van der Waals surface area contributed by atoms with Gasteiger partial charge in [-0.05, 0) is 42.7 Å². The molecular formula is C25H23N3O2S. The van der Waals surface area contributed by atoms with E-state index in [4.69, 9.17) is 0 Å². The minimum atomic E-state index is 0.0933. The summed E-state index contributed by atoms with van der Waals surface area (Å²) >= 11 is 1.72. The zero-order chi connectivity index (χ0) is 20.9. The Morgan fingerprint density at radius 1 is 0.871 bits per heavy atom. The smallest absolute Gasteiger partial charge is 0.250 e. The molecule has 3 aliphatic rings. The summed E-state index contributed by atoms with van der Waals surface area (Å²) in [6.07, 6.45) is 1.10. The van der Waals surface area contributed by atoms with Gasteiger partial charge in [0, 0.05) is 47.1 Å². The molecule has 156 valence electrons. The average Bonchev–Trinajstić information content (AvgIpc) is 2.78. The molecule has 6 heteroatoms. The molecule has 1 fully saturated rings. The highest BCUT2D eigenvalue weighted by Gasteiger charge is 2.36. The van der Waals surface area contributed by atoms with E-state index in [0.29, 0.717) is 18.4 Å². The Hall–Kier alpha value is -2.83. The van der Waals surface area contributed by atoms with E-state index in [0.717, 1.165) is 52.9 Å². The molecule has 3 aliphatic heterocycles. The first-order valence-electron chi connectivity index (χ1n) is 10.8. The first-order chi connectivity index (χ1) is 15.2. The van der Waals surface area contributed by atoms with Gasteiger partial charge in [-0.2, -0.15) is 0 Å². The lowest BCUT2D eigenvalue weighted by molar-refractivity contribution is -0.119. The number of aromatic nitrogens is 1. The number of hydrogen-bond acceptors (Lipinski definition) is 4. The summed E-state index contributed by atoms with van der Waals surface area (Å²) in [6.45, 7) is 2.81. The van der Waals surface area contributed by atoms with Crippen LogP contribution in [0.2, 0.25) is 0 Å². The van der Waals surface area contributed by atoms with Gasteiger partial charge in [-0.1, -0.05) is 42.1 Å². The third-order valence-electron chi connectivity index (χ3n) is 6.60. The summed E-state index contributed by atoms with van der Waals surface area (Å²) in [6, 6.07) is 21.8. The maximum absolute atomic E-state index is 13.6. The lowest BCUT2D eigenvalue weighted by atomic mass is 9.83. The maximum Gasteiger partial charge on any atom is 0.250 e. The van der Waals surface area contributed by atoms with Gasteiger partial charge in [0.25, 0.3) is 5.56 Å². The largest absolute Gasteiger partial charge is 0.312 e. The molecular weight excluding hydrogens is 406 g/mol. The van der Waals surface area contributed by atoms with Crippen LogP contribution >= 0.6 is 11.8 Å². The maximum atomic E-state index is 13.6. The first-order valence-corrected chi connectivity index (χ1v) is 11.6. The fourth-order valence-electron chi connectivity index (χ4n) is 5.36. The van der Waals surface area contributed by atoms with Gasteiger partial charge < -0.3 is 4.57 Å². The highest BCUT2D eigenvalue weighted by Crippen LogP contribution is 2.48. The second kappa shape index (κ2) is 7.39. The molecule has 0 saturated carbocycles. The molecule has 0 spiro atoms. The number of carbonyl (C=O) groups excluding carboxylic acids is 1. The van der Waals surface area contributed by atoms with Crippen molar-refractivity contribution >= 4 is 29.0 Å². The van der Waals surface area contributed by atoms with Crippen molar-refractivity contribution in [1.29, 1.82) is 0 Å². The lowest BCUT2D eigenvalue weighted by Gasteiger charge is -2.43. The number of fused-ring (bicyclic) bond motifs is 6. The van der Waals surface area contributed by atoms with Crippen molar-refractivity contribution in [3.8, 4) is 0 Å².